The van der Waals surface area contributed by atoms with Crippen LogP contribution in [0.5, 0.6) is 5.75 Å². The normalized spacial score (nSPS) is 11.7. The third-order valence-corrected chi connectivity index (χ3v) is 1.90. The maximum Gasteiger partial charge on any atom is 0.340 e. The van der Waals surface area contributed by atoms with E-state index in [4.69, 9.17) is 5.11 Å². The number of aliphatic hydroxyl groups excluding tert-OH is 1. The Morgan fingerprint density at radius 2 is 1.94 bits per heavy atom. The summed E-state index contributed by atoms with van der Waals surface area (Å²) in [7, 11) is 0. The van der Waals surface area contributed by atoms with Gasteiger partial charge in [-0.25, -0.2) is 4.79 Å². The van der Waals surface area contributed by atoms with Gasteiger partial charge in [0.25, 0.3) is 5.69 Å². The maximum absolute atomic E-state index is 11.1. The minimum atomic E-state index is -1.46. The number of aliphatic hydroxyl groups is 1. The zero-order valence-electron chi connectivity index (χ0n) is 9.10. The summed E-state index contributed by atoms with van der Waals surface area (Å²) in [6.45, 7) is 1.12. The highest BCUT2D eigenvalue weighted by molar-refractivity contribution is 5.77. The summed E-state index contributed by atoms with van der Waals surface area (Å²) in [5, 5.41) is 30.0. The highest BCUT2D eigenvalue weighted by atomic mass is 16.6. The first-order chi connectivity index (χ1) is 8.32. The Balaban J connectivity index is 3.16. The number of hydrogen-bond acceptors (Lipinski definition) is 7. The molecule has 1 N–H and O–H groups in total. The second-order valence-electron chi connectivity index (χ2n) is 3.26. The molecule has 0 radical (unpaired) electrons. The maximum atomic E-state index is 11.1. The number of carbonyl (C=O) groups is 1. The Labute approximate surface area is 99.9 Å². The van der Waals surface area contributed by atoms with Crippen LogP contribution >= 0.6 is 0 Å². The van der Waals surface area contributed by atoms with Crippen molar-refractivity contribution in [2.24, 2.45) is 0 Å². The Kier molecular flexibility index (Phi) is 3.89. The first-order valence-electron chi connectivity index (χ1n) is 4.65. The Hall–Kier alpha value is -2.55. The van der Waals surface area contributed by atoms with Crippen LogP contribution in [0.4, 0.5) is 11.4 Å². The summed E-state index contributed by atoms with van der Waals surface area (Å²) in [5.41, 5.74) is -1.23. The van der Waals surface area contributed by atoms with E-state index >= 15 is 0 Å². The van der Waals surface area contributed by atoms with E-state index in [9.17, 15) is 25.0 Å². The molecule has 1 aromatic rings. The van der Waals surface area contributed by atoms with Crippen molar-refractivity contribution >= 4 is 17.3 Å². The second kappa shape index (κ2) is 5.19. The fourth-order valence-corrected chi connectivity index (χ4v) is 1.04. The summed E-state index contributed by atoms with van der Waals surface area (Å²) in [5.74, 6) is -1.55. The number of rotatable bonds is 4. The molecule has 0 saturated carbocycles. The van der Waals surface area contributed by atoms with E-state index in [2.05, 4.69) is 4.74 Å². The standard InChI is InChI=1S/C9H8N2O7/c1-5(12)9(13)18-8-3-2-6(10(14)15)4-7(8)11(16)17/h2-5,12H,1H3. The highest BCUT2D eigenvalue weighted by Gasteiger charge is 2.23. The van der Waals surface area contributed by atoms with Crippen LogP contribution in [0.15, 0.2) is 18.2 Å². The quantitative estimate of drug-likeness (QED) is 0.364. The van der Waals surface area contributed by atoms with E-state index in [-0.39, 0.29) is 0 Å². The second-order valence-corrected chi connectivity index (χ2v) is 3.26. The van der Waals surface area contributed by atoms with Crippen molar-refractivity contribution in [3.8, 4) is 5.75 Å². The molecule has 18 heavy (non-hydrogen) atoms. The molecule has 1 aromatic carbocycles. The van der Waals surface area contributed by atoms with Gasteiger partial charge in [0.15, 0.2) is 0 Å². The molecule has 0 bridgehead atoms. The Bertz CT molecular complexity index is 512. The number of nitro benzene ring substituents is 2. The molecular formula is C9H8N2O7. The van der Waals surface area contributed by atoms with Crippen LogP contribution in [0.3, 0.4) is 0 Å². The van der Waals surface area contributed by atoms with Crippen LogP contribution < -0.4 is 4.74 Å². The number of ether oxygens (including phenoxy) is 1. The van der Waals surface area contributed by atoms with Crippen molar-refractivity contribution in [2.75, 3.05) is 0 Å². The molecule has 0 aliphatic rings. The minimum Gasteiger partial charge on any atom is -0.417 e. The zero-order valence-corrected chi connectivity index (χ0v) is 9.10. The van der Waals surface area contributed by atoms with Crippen LogP contribution in [0.2, 0.25) is 0 Å². The summed E-state index contributed by atoms with van der Waals surface area (Å²) in [4.78, 5) is 30.5. The third kappa shape index (κ3) is 2.98. The van der Waals surface area contributed by atoms with E-state index < -0.39 is 39.0 Å². The first-order valence-corrected chi connectivity index (χ1v) is 4.65. The molecule has 1 unspecified atom stereocenters. The molecular weight excluding hydrogens is 248 g/mol. The molecule has 1 atom stereocenters. The van der Waals surface area contributed by atoms with E-state index in [0.29, 0.717) is 6.07 Å². The lowest BCUT2D eigenvalue weighted by atomic mass is 10.2. The van der Waals surface area contributed by atoms with Gasteiger partial charge < -0.3 is 9.84 Å². The van der Waals surface area contributed by atoms with Gasteiger partial charge in [-0.2, -0.15) is 0 Å². The first kappa shape index (κ1) is 13.5. The van der Waals surface area contributed by atoms with E-state index in [1.54, 1.807) is 0 Å². The van der Waals surface area contributed by atoms with E-state index in [1.807, 2.05) is 0 Å². The lowest BCUT2D eigenvalue weighted by Gasteiger charge is -2.06. The largest absolute Gasteiger partial charge is 0.417 e. The van der Waals surface area contributed by atoms with Crippen molar-refractivity contribution in [3.05, 3.63) is 38.4 Å². The lowest BCUT2D eigenvalue weighted by Crippen LogP contribution is -2.22. The van der Waals surface area contributed by atoms with Crippen molar-refractivity contribution in [2.45, 2.75) is 13.0 Å². The van der Waals surface area contributed by atoms with Crippen molar-refractivity contribution < 1.29 is 24.5 Å². The molecule has 9 heteroatoms. The van der Waals surface area contributed by atoms with Crippen LogP contribution in [0, 0.1) is 20.2 Å². The number of nitro groups is 2. The number of carbonyl (C=O) groups excluding carboxylic acids is 1. The molecule has 0 spiro atoms. The molecule has 0 amide bonds. The van der Waals surface area contributed by atoms with Gasteiger partial charge in [0.2, 0.25) is 5.75 Å². The van der Waals surface area contributed by atoms with Crippen molar-refractivity contribution in [3.63, 3.8) is 0 Å². The van der Waals surface area contributed by atoms with Crippen LogP contribution in [-0.4, -0.2) is 27.0 Å². The lowest BCUT2D eigenvalue weighted by molar-refractivity contribution is -0.394. The topological polar surface area (TPSA) is 133 Å². The van der Waals surface area contributed by atoms with Gasteiger partial charge in [0, 0.05) is 6.07 Å². The van der Waals surface area contributed by atoms with Gasteiger partial charge in [-0.3, -0.25) is 20.2 Å². The Morgan fingerprint density at radius 1 is 1.33 bits per heavy atom. The summed E-state index contributed by atoms with van der Waals surface area (Å²) < 4.78 is 4.55. The number of non-ortho nitro benzene ring substituents is 1. The van der Waals surface area contributed by atoms with Gasteiger partial charge in [-0.15, -0.1) is 0 Å². The fraction of sp³-hybridized carbons (Fsp3) is 0.222. The molecule has 0 aliphatic heterocycles. The van der Waals surface area contributed by atoms with Crippen LogP contribution in [0.25, 0.3) is 0 Å². The summed E-state index contributed by atoms with van der Waals surface area (Å²) in [6.07, 6.45) is -1.46. The van der Waals surface area contributed by atoms with Gasteiger partial charge in [0.1, 0.15) is 6.10 Å². The molecule has 0 aliphatic carbocycles. The molecule has 9 nitrogen and oxygen atoms in total. The highest BCUT2D eigenvalue weighted by Crippen LogP contribution is 2.31. The average molecular weight is 256 g/mol. The molecule has 1 rings (SSSR count). The van der Waals surface area contributed by atoms with Gasteiger partial charge in [0.05, 0.1) is 15.9 Å². The fourth-order valence-electron chi connectivity index (χ4n) is 1.04. The van der Waals surface area contributed by atoms with Gasteiger partial charge in [-0.1, -0.05) is 0 Å². The number of hydrogen-bond donors (Lipinski definition) is 1. The number of esters is 1. The number of nitrogens with zero attached hydrogens (tertiary/aromatic N) is 2. The third-order valence-electron chi connectivity index (χ3n) is 1.90. The predicted octanol–water partition coefficient (Wildman–Crippen LogP) is 0.789. The predicted molar refractivity (Wildman–Crippen MR) is 57.1 cm³/mol. The monoisotopic (exact) mass is 256 g/mol. The SMILES string of the molecule is CC(O)C(=O)Oc1ccc([N+](=O)[O-])cc1[N+](=O)[O-]. The average Bonchev–Trinajstić information content (AvgIpc) is 2.28. The van der Waals surface area contributed by atoms with E-state index in [0.717, 1.165) is 19.1 Å². The molecule has 0 fully saturated rings. The van der Waals surface area contributed by atoms with Gasteiger partial charge in [-0.05, 0) is 13.0 Å². The minimum absolute atomic E-state index is 0.462. The van der Waals surface area contributed by atoms with Crippen molar-refractivity contribution in [1.82, 2.24) is 0 Å². The molecule has 0 aromatic heterocycles. The smallest absolute Gasteiger partial charge is 0.340 e. The van der Waals surface area contributed by atoms with Crippen LogP contribution in [-0.2, 0) is 4.79 Å². The summed E-state index contributed by atoms with van der Waals surface area (Å²) >= 11 is 0. The number of benzene rings is 1. The van der Waals surface area contributed by atoms with Crippen molar-refractivity contribution in [1.29, 1.82) is 0 Å². The Morgan fingerprint density at radius 3 is 2.39 bits per heavy atom. The van der Waals surface area contributed by atoms with Crippen LogP contribution in [0.1, 0.15) is 6.92 Å². The van der Waals surface area contributed by atoms with Gasteiger partial charge >= 0.3 is 11.7 Å². The molecule has 0 heterocycles. The summed E-state index contributed by atoms with van der Waals surface area (Å²) in [6, 6.07) is 2.55. The molecule has 0 saturated heterocycles. The van der Waals surface area contributed by atoms with E-state index in [1.165, 1.54) is 0 Å². The zero-order chi connectivity index (χ0) is 13.9. The molecule has 96 valence electrons.